The van der Waals surface area contributed by atoms with Gasteiger partial charge in [0.25, 0.3) is 0 Å². The topological polar surface area (TPSA) is 26.3 Å². The number of benzene rings is 1. The van der Waals surface area contributed by atoms with E-state index in [-0.39, 0.29) is 10.5 Å². The molecule has 2 nitrogen and oxygen atoms in total. The number of hydrogen-bond donors (Lipinski definition) is 0. The Morgan fingerprint density at radius 3 is 2.41 bits per heavy atom. The fourth-order valence-corrected chi connectivity index (χ4v) is 5.05. The van der Waals surface area contributed by atoms with Gasteiger partial charge in [-0.3, -0.25) is 4.79 Å². The minimum absolute atomic E-state index is 0.103. The van der Waals surface area contributed by atoms with E-state index < -0.39 is 8.32 Å². The zero-order chi connectivity index (χ0) is 16.2. The van der Waals surface area contributed by atoms with Crippen LogP contribution in [0.3, 0.4) is 0 Å². The molecule has 22 heavy (non-hydrogen) atoms. The maximum atomic E-state index is 12.9. The number of Topliss-reactive ketones (excluding diaryl/α,β-unsaturated/α-hetero) is 1. The summed E-state index contributed by atoms with van der Waals surface area (Å²) in [5.74, 6) is 0.800. The van der Waals surface area contributed by atoms with Crippen molar-refractivity contribution >= 4 is 14.1 Å². The highest BCUT2D eigenvalue weighted by atomic mass is 28.4. The number of rotatable bonds is 4. The predicted molar refractivity (Wildman–Crippen MR) is 92.6 cm³/mol. The maximum Gasteiger partial charge on any atom is 0.192 e. The second-order valence-electron chi connectivity index (χ2n) is 8.62. The van der Waals surface area contributed by atoms with Gasteiger partial charge in [0.1, 0.15) is 0 Å². The molecule has 1 aromatic carbocycles. The van der Waals surface area contributed by atoms with Crippen molar-refractivity contribution in [3.05, 3.63) is 35.9 Å². The van der Waals surface area contributed by atoms with Crippen LogP contribution in [0.2, 0.25) is 18.1 Å². The second kappa shape index (κ2) is 5.03. The largest absolute Gasteiger partial charge is 0.414 e. The molecule has 0 N–H and O–H groups in total. The quantitative estimate of drug-likeness (QED) is 0.573. The molecule has 2 aliphatic rings. The van der Waals surface area contributed by atoms with E-state index in [1.807, 2.05) is 30.3 Å². The van der Waals surface area contributed by atoms with Gasteiger partial charge in [0.15, 0.2) is 14.1 Å². The molecule has 3 heteroatoms. The van der Waals surface area contributed by atoms with Crippen LogP contribution in [0.25, 0.3) is 0 Å². The monoisotopic (exact) mass is 316 g/mol. The molecule has 3 rings (SSSR count). The summed E-state index contributed by atoms with van der Waals surface area (Å²) in [5.41, 5.74) is 0.770. The van der Waals surface area contributed by atoms with Crippen LogP contribution in [-0.2, 0) is 4.43 Å². The first-order valence-electron chi connectivity index (χ1n) is 8.45. The molecular formula is C19H28O2Si. The van der Waals surface area contributed by atoms with Crippen LogP contribution in [0.15, 0.2) is 30.3 Å². The Morgan fingerprint density at radius 2 is 1.86 bits per heavy atom. The van der Waals surface area contributed by atoms with Gasteiger partial charge in [-0.05, 0) is 43.3 Å². The van der Waals surface area contributed by atoms with Gasteiger partial charge in [-0.25, -0.2) is 0 Å². The molecule has 0 unspecified atom stereocenters. The summed E-state index contributed by atoms with van der Waals surface area (Å²) in [6.45, 7) is 11.5. The lowest BCUT2D eigenvalue weighted by Crippen LogP contribution is -2.44. The van der Waals surface area contributed by atoms with Gasteiger partial charge >= 0.3 is 0 Å². The number of carbonyl (C=O) groups excluding carboxylic acids is 1. The van der Waals surface area contributed by atoms with Crippen LogP contribution >= 0.6 is 0 Å². The molecule has 2 fully saturated rings. The third kappa shape index (κ3) is 2.48. The smallest absolute Gasteiger partial charge is 0.192 e. The van der Waals surface area contributed by atoms with Crippen molar-refractivity contribution in [3.8, 4) is 0 Å². The molecule has 1 aromatic rings. The van der Waals surface area contributed by atoms with Gasteiger partial charge in [-0.2, -0.15) is 0 Å². The highest BCUT2D eigenvalue weighted by Gasteiger charge is 2.67. The summed E-state index contributed by atoms with van der Waals surface area (Å²) in [7, 11) is -1.74. The number of ketones is 1. The lowest BCUT2D eigenvalue weighted by Gasteiger charge is -2.38. The van der Waals surface area contributed by atoms with Crippen molar-refractivity contribution in [2.24, 2.45) is 11.3 Å². The van der Waals surface area contributed by atoms with Gasteiger partial charge in [-0.1, -0.05) is 51.1 Å². The van der Waals surface area contributed by atoms with Crippen molar-refractivity contribution in [1.29, 1.82) is 0 Å². The van der Waals surface area contributed by atoms with Crippen LogP contribution in [0.4, 0.5) is 0 Å². The minimum Gasteiger partial charge on any atom is -0.414 e. The van der Waals surface area contributed by atoms with Crippen molar-refractivity contribution in [3.63, 3.8) is 0 Å². The molecule has 0 aliphatic heterocycles. The Hall–Kier alpha value is -0.933. The van der Waals surface area contributed by atoms with E-state index in [2.05, 4.69) is 33.9 Å². The van der Waals surface area contributed by atoms with Gasteiger partial charge in [0.2, 0.25) is 0 Å². The average molecular weight is 317 g/mol. The Morgan fingerprint density at radius 1 is 1.23 bits per heavy atom. The Balaban J connectivity index is 1.72. The summed E-state index contributed by atoms with van der Waals surface area (Å²) in [4.78, 5) is 12.9. The Bertz CT molecular complexity index is 573. The number of fused-ring (bicyclic) bond motifs is 1. The van der Waals surface area contributed by atoms with Gasteiger partial charge < -0.3 is 4.43 Å². The minimum atomic E-state index is -1.74. The fourth-order valence-electron chi connectivity index (χ4n) is 3.66. The van der Waals surface area contributed by atoms with E-state index in [1.54, 1.807) is 0 Å². The maximum absolute atomic E-state index is 12.9. The van der Waals surface area contributed by atoms with Crippen LogP contribution in [0.1, 0.15) is 50.4 Å². The third-order valence-corrected chi connectivity index (χ3v) is 10.7. The highest BCUT2D eigenvalue weighted by Crippen LogP contribution is 2.66. The van der Waals surface area contributed by atoms with E-state index in [1.165, 1.54) is 0 Å². The highest BCUT2D eigenvalue weighted by molar-refractivity contribution is 6.74. The summed E-state index contributed by atoms with van der Waals surface area (Å²) < 4.78 is 6.61. The van der Waals surface area contributed by atoms with Crippen molar-refractivity contribution < 1.29 is 9.22 Å². The molecule has 0 bridgehead atoms. The van der Waals surface area contributed by atoms with Gasteiger partial charge in [0.05, 0.1) is 0 Å². The van der Waals surface area contributed by atoms with Gasteiger partial charge in [-0.15, -0.1) is 0 Å². The molecular weight excluding hydrogens is 288 g/mol. The lowest BCUT2D eigenvalue weighted by molar-refractivity contribution is 0.0888. The first-order chi connectivity index (χ1) is 10.2. The van der Waals surface area contributed by atoms with E-state index in [0.717, 1.165) is 24.8 Å². The predicted octanol–water partition coefficient (Wildman–Crippen LogP) is 5.06. The first kappa shape index (κ1) is 15.9. The molecule has 2 saturated carbocycles. The summed E-state index contributed by atoms with van der Waals surface area (Å²) in [5, 5.41) is 0.233. The van der Waals surface area contributed by atoms with Crippen LogP contribution in [0.5, 0.6) is 0 Å². The lowest BCUT2D eigenvalue weighted by atomic mass is 9.92. The SMILES string of the molecule is CC(C)(C)[Si](C)(C)O[C@@H]1CC[C@@]2(C(=O)c3ccccc3)C[C@@H]12. The number of hydrogen-bond acceptors (Lipinski definition) is 2. The molecule has 0 radical (unpaired) electrons. The van der Waals surface area contributed by atoms with Crippen molar-refractivity contribution in [2.45, 2.75) is 64.3 Å². The fraction of sp³-hybridized carbons (Fsp3) is 0.632. The van der Waals surface area contributed by atoms with Crippen LogP contribution in [-0.4, -0.2) is 20.2 Å². The normalized spacial score (nSPS) is 31.0. The molecule has 3 atom stereocenters. The second-order valence-corrected chi connectivity index (χ2v) is 13.4. The molecule has 120 valence electrons. The molecule has 0 aromatic heterocycles. The first-order valence-corrected chi connectivity index (χ1v) is 11.4. The summed E-state index contributed by atoms with van der Waals surface area (Å²) in [6.07, 6.45) is 3.38. The molecule has 0 spiro atoms. The Labute approximate surface area is 135 Å². The summed E-state index contributed by atoms with van der Waals surface area (Å²) >= 11 is 0. The zero-order valence-corrected chi connectivity index (χ0v) is 15.5. The Kier molecular flexibility index (Phi) is 3.65. The van der Waals surface area contributed by atoms with E-state index >= 15 is 0 Å². The summed E-state index contributed by atoms with van der Waals surface area (Å²) in [6, 6.07) is 9.79. The van der Waals surface area contributed by atoms with E-state index in [0.29, 0.717) is 17.8 Å². The molecule has 2 aliphatic carbocycles. The molecule has 0 saturated heterocycles. The van der Waals surface area contributed by atoms with E-state index in [9.17, 15) is 4.79 Å². The molecule has 0 amide bonds. The third-order valence-electron chi connectivity index (χ3n) is 6.20. The molecule has 0 heterocycles. The van der Waals surface area contributed by atoms with Crippen molar-refractivity contribution in [2.75, 3.05) is 0 Å². The van der Waals surface area contributed by atoms with Gasteiger partial charge in [0, 0.05) is 17.1 Å². The standard InChI is InChI=1S/C19H28O2Si/c1-18(2,3)22(4,5)21-16-11-12-19(13-15(16)19)17(20)14-9-7-6-8-10-14/h6-10,15-16H,11-13H2,1-5H3/t15-,16+,19+/m0/s1. The van der Waals surface area contributed by atoms with E-state index in [4.69, 9.17) is 4.43 Å². The average Bonchev–Trinajstić information content (AvgIpc) is 3.10. The number of carbonyl (C=O) groups is 1. The van der Waals surface area contributed by atoms with Crippen molar-refractivity contribution in [1.82, 2.24) is 0 Å². The van der Waals surface area contributed by atoms with Crippen LogP contribution < -0.4 is 0 Å². The van der Waals surface area contributed by atoms with Crippen LogP contribution in [0, 0.1) is 11.3 Å². The zero-order valence-electron chi connectivity index (χ0n) is 14.5.